The molecule has 2 fully saturated rings. The lowest BCUT2D eigenvalue weighted by atomic mass is 9.72. The van der Waals surface area contributed by atoms with Gasteiger partial charge in [0, 0.05) is 46.9 Å². The number of likely N-dealkylation sites (N-methyl/N-ethyl adjacent to an activating group) is 2. The summed E-state index contributed by atoms with van der Waals surface area (Å²) < 4.78 is 5.55. The molecule has 1 aromatic carbocycles. The molecule has 0 unspecified atom stereocenters. The van der Waals surface area contributed by atoms with Crippen LogP contribution >= 0.6 is 0 Å². The zero-order valence-electron chi connectivity index (χ0n) is 16.0. The van der Waals surface area contributed by atoms with Crippen LogP contribution in [-0.4, -0.2) is 86.5 Å². The topological polar surface area (TPSA) is 53.1 Å². The van der Waals surface area contributed by atoms with Crippen molar-refractivity contribution in [1.82, 2.24) is 14.7 Å². The van der Waals surface area contributed by atoms with E-state index < -0.39 is 5.41 Å². The lowest BCUT2D eigenvalue weighted by Gasteiger charge is -2.45. The van der Waals surface area contributed by atoms with Crippen molar-refractivity contribution in [3.05, 3.63) is 35.9 Å². The smallest absolute Gasteiger partial charge is 0.241 e. The van der Waals surface area contributed by atoms with Gasteiger partial charge in [-0.25, -0.2) is 0 Å². The first-order chi connectivity index (χ1) is 12.5. The number of amides is 2. The fourth-order valence-corrected chi connectivity index (χ4v) is 4.03. The van der Waals surface area contributed by atoms with Crippen LogP contribution in [0.4, 0.5) is 0 Å². The summed E-state index contributed by atoms with van der Waals surface area (Å²) in [5, 5.41) is 0. The SMILES string of the molecule is CN(C)C(=O)[C@H]1CN(C(=O)C2(c3ccccc3)CCOCC2)CCN1C. The van der Waals surface area contributed by atoms with Gasteiger partial charge in [0.15, 0.2) is 0 Å². The predicted octanol–water partition coefficient (Wildman–Crippen LogP) is 0.966. The van der Waals surface area contributed by atoms with E-state index in [2.05, 4.69) is 0 Å². The highest BCUT2D eigenvalue weighted by atomic mass is 16.5. The number of rotatable bonds is 3. The van der Waals surface area contributed by atoms with Crippen LogP contribution in [0, 0.1) is 0 Å². The Bertz CT molecular complexity index is 641. The molecule has 0 aliphatic carbocycles. The van der Waals surface area contributed by atoms with E-state index in [-0.39, 0.29) is 17.9 Å². The van der Waals surface area contributed by atoms with Gasteiger partial charge in [0.1, 0.15) is 6.04 Å². The van der Waals surface area contributed by atoms with Crippen molar-refractivity contribution in [3.8, 4) is 0 Å². The third-order valence-electron chi connectivity index (χ3n) is 5.74. The first kappa shape index (κ1) is 18.9. The molecule has 0 bridgehead atoms. The molecule has 0 aromatic heterocycles. The molecule has 0 spiro atoms. The molecule has 26 heavy (non-hydrogen) atoms. The Hall–Kier alpha value is -1.92. The highest BCUT2D eigenvalue weighted by Gasteiger charge is 2.46. The molecule has 2 amide bonds. The standard InChI is InChI=1S/C20H29N3O3/c1-21(2)18(24)17-15-23(12-11-22(17)3)19(25)20(9-13-26-14-10-20)16-7-5-4-6-8-16/h4-8,17H,9-15H2,1-3H3/t17-/m1/s1. The van der Waals surface area contributed by atoms with E-state index >= 15 is 0 Å². The van der Waals surface area contributed by atoms with Gasteiger partial charge in [-0.1, -0.05) is 30.3 Å². The minimum Gasteiger partial charge on any atom is -0.381 e. The van der Waals surface area contributed by atoms with Gasteiger partial charge in [-0.15, -0.1) is 0 Å². The molecule has 2 aliphatic rings. The van der Waals surface area contributed by atoms with E-state index in [0.717, 1.165) is 5.56 Å². The highest BCUT2D eigenvalue weighted by molar-refractivity contribution is 5.90. The van der Waals surface area contributed by atoms with Crippen LogP contribution in [-0.2, 0) is 19.7 Å². The van der Waals surface area contributed by atoms with Gasteiger partial charge >= 0.3 is 0 Å². The maximum Gasteiger partial charge on any atom is 0.241 e. The molecule has 142 valence electrons. The van der Waals surface area contributed by atoms with Gasteiger partial charge < -0.3 is 14.5 Å². The number of nitrogens with zero attached hydrogens (tertiary/aromatic N) is 3. The van der Waals surface area contributed by atoms with Crippen LogP contribution in [0.15, 0.2) is 30.3 Å². The Morgan fingerprint density at radius 2 is 1.77 bits per heavy atom. The zero-order chi connectivity index (χ0) is 18.7. The lowest BCUT2D eigenvalue weighted by molar-refractivity contribution is -0.147. The van der Waals surface area contributed by atoms with E-state index in [4.69, 9.17) is 4.74 Å². The van der Waals surface area contributed by atoms with Crippen molar-refractivity contribution in [2.24, 2.45) is 0 Å². The molecule has 2 saturated heterocycles. The number of carbonyl (C=O) groups excluding carboxylic acids is 2. The summed E-state index contributed by atoms with van der Waals surface area (Å²) >= 11 is 0. The van der Waals surface area contributed by atoms with Crippen molar-refractivity contribution in [2.75, 3.05) is 54.0 Å². The van der Waals surface area contributed by atoms with Crippen LogP contribution in [0.5, 0.6) is 0 Å². The molecule has 6 heteroatoms. The molecule has 0 N–H and O–H groups in total. The van der Waals surface area contributed by atoms with Gasteiger partial charge in [0.25, 0.3) is 0 Å². The number of piperazine rings is 1. The summed E-state index contributed by atoms with van der Waals surface area (Å²) in [6.45, 7) is 2.99. The van der Waals surface area contributed by atoms with Crippen molar-refractivity contribution < 1.29 is 14.3 Å². The Morgan fingerprint density at radius 1 is 1.12 bits per heavy atom. The first-order valence-corrected chi connectivity index (χ1v) is 9.30. The maximum absolute atomic E-state index is 13.6. The van der Waals surface area contributed by atoms with E-state index in [0.29, 0.717) is 45.7 Å². The number of hydrogen-bond acceptors (Lipinski definition) is 4. The minimum atomic E-state index is -0.541. The molecule has 3 rings (SSSR count). The normalized spacial score (nSPS) is 23.5. The third-order valence-corrected chi connectivity index (χ3v) is 5.74. The van der Waals surface area contributed by atoms with Gasteiger partial charge in [-0.05, 0) is 25.5 Å². The van der Waals surface area contributed by atoms with Crippen LogP contribution in [0.2, 0.25) is 0 Å². The second kappa shape index (κ2) is 7.76. The molecule has 0 saturated carbocycles. The van der Waals surface area contributed by atoms with Gasteiger partial charge in [0.2, 0.25) is 11.8 Å². The lowest BCUT2D eigenvalue weighted by Crippen LogP contribution is -2.61. The van der Waals surface area contributed by atoms with E-state index in [1.54, 1.807) is 19.0 Å². The predicted molar refractivity (Wildman–Crippen MR) is 99.9 cm³/mol. The number of carbonyl (C=O) groups is 2. The van der Waals surface area contributed by atoms with Crippen LogP contribution in [0.25, 0.3) is 0 Å². The van der Waals surface area contributed by atoms with Crippen molar-refractivity contribution in [2.45, 2.75) is 24.3 Å². The van der Waals surface area contributed by atoms with Crippen molar-refractivity contribution in [3.63, 3.8) is 0 Å². The van der Waals surface area contributed by atoms with E-state index in [1.165, 1.54) is 0 Å². The molecule has 1 aromatic rings. The molecule has 2 heterocycles. The summed E-state index contributed by atoms with van der Waals surface area (Å²) in [6, 6.07) is 9.76. The summed E-state index contributed by atoms with van der Waals surface area (Å²) in [5.41, 5.74) is 0.518. The summed E-state index contributed by atoms with van der Waals surface area (Å²) in [5.74, 6) is 0.183. The Labute approximate surface area is 155 Å². The van der Waals surface area contributed by atoms with E-state index in [9.17, 15) is 9.59 Å². The molecule has 2 aliphatic heterocycles. The largest absolute Gasteiger partial charge is 0.381 e. The van der Waals surface area contributed by atoms with Crippen LogP contribution < -0.4 is 0 Å². The molecular weight excluding hydrogens is 330 g/mol. The van der Waals surface area contributed by atoms with Gasteiger partial charge in [-0.2, -0.15) is 0 Å². The summed E-state index contributed by atoms with van der Waals surface area (Å²) in [6.07, 6.45) is 1.38. The third kappa shape index (κ3) is 3.48. The fraction of sp³-hybridized carbons (Fsp3) is 0.600. The van der Waals surface area contributed by atoms with E-state index in [1.807, 2.05) is 47.2 Å². The highest BCUT2D eigenvalue weighted by Crippen LogP contribution is 2.37. The van der Waals surface area contributed by atoms with Gasteiger partial charge in [-0.3, -0.25) is 14.5 Å². The van der Waals surface area contributed by atoms with Crippen molar-refractivity contribution in [1.29, 1.82) is 0 Å². The average Bonchev–Trinajstić information content (AvgIpc) is 2.68. The van der Waals surface area contributed by atoms with Crippen LogP contribution in [0.3, 0.4) is 0 Å². The van der Waals surface area contributed by atoms with Crippen LogP contribution in [0.1, 0.15) is 18.4 Å². The molecule has 1 atom stereocenters. The monoisotopic (exact) mass is 359 g/mol. The minimum absolute atomic E-state index is 0.0470. The zero-order valence-corrected chi connectivity index (χ0v) is 16.0. The molecule has 6 nitrogen and oxygen atoms in total. The average molecular weight is 359 g/mol. The Kier molecular flexibility index (Phi) is 5.63. The quantitative estimate of drug-likeness (QED) is 0.807. The van der Waals surface area contributed by atoms with Gasteiger partial charge in [0.05, 0.1) is 5.41 Å². The molecule has 0 radical (unpaired) electrons. The summed E-state index contributed by atoms with van der Waals surface area (Å²) in [4.78, 5) is 31.7. The fourth-order valence-electron chi connectivity index (χ4n) is 4.03. The Balaban J connectivity index is 1.86. The number of ether oxygens (including phenoxy) is 1. The second-order valence-electron chi connectivity index (χ2n) is 7.54. The number of hydrogen-bond donors (Lipinski definition) is 0. The number of benzene rings is 1. The Morgan fingerprint density at radius 3 is 2.38 bits per heavy atom. The summed E-state index contributed by atoms with van der Waals surface area (Å²) in [7, 11) is 5.48. The first-order valence-electron chi connectivity index (χ1n) is 9.30. The second-order valence-corrected chi connectivity index (χ2v) is 7.54. The molecular formula is C20H29N3O3. The van der Waals surface area contributed by atoms with Crippen molar-refractivity contribution >= 4 is 11.8 Å². The maximum atomic E-state index is 13.6.